The Labute approximate surface area is 67.6 Å². The summed E-state index contributed by atoms with van der Waals surface area (Å²) >= 11 is 0. The van der Waals surface area contributed by atoms with Crippen LogP contribution < -0.4 is 0 Å². The largest absolute Gasteiger partial charge is 0.478 e. The minimum Gasteiger partial charge on any atom is -0.478 e. The fourth-order valence-corrected chi connectivity index (χ4v) is 0.519. The van der Waals surface area contributed by atoms with Crippen LogP contribution in [0.15, 0.2) is 24.3 Å². The molecule has 66 valence electrons. The van der Waals surface area contributed by atoms with Crippen LogP contribution >= 0.6 is 0 Å². The molecule has 0 amide bonds. The standard InChI is InChI=1S/C7H7FO4/c1-2-5(8)4(7(11)12)3-6(9)10/h2-3,5H,1H2,(H,9,10)(H,11,12). The zero-order valence-corrected chi connectivity index (χ0v) is 6.03. The maximum atomic E-state index is 12.6. The number of hydrogen-bond donors (Lipinski definition) is 2. The first-order valence-corrected chi connectivity index (χ1v) is 2.93. The molecule has 0 fully saturated rings. The molecule has 0 radical (unpaired) electrons. The smallest absolute Gasteiger partial charge is 0.335 e. The minimum absolute atomic E-state index is 0.300. The molecule has 0 saturated carbocycles. The van der Waals surface area contributed by atoms with Crippen molar-refractivity contribution in [3.63, 3.8) is 0 Å². The first-order valence-electron chi connectivity index (χ1n) is 2.93. The van der Waals surface area contributed by atoms with E-state index in [1.54, 1.807) is 0 Å². The van der Waals surface area contributed by atoms with Gasteiger partial charge in [0.1, 0.15) is 0 Å². The number of carbonyl (C=O) groups is 2. The molecular formula is C7H7FO4. The van der Waals surface area contributed by atoms with Crippen LogP contribution in [0.3, 0.4) is 0 Å². The van der Waals surface area contributed by atoms with E-state index in [2.05, 4.69) is 6.58 Å². The Kier molecular flexibility index (Phi) is 3.69. The minimum atomic E-state index is -1.96. The van der Waals surface area contributed by atoms with Gasteiger partial charge in [0, 0.05) is 6.08 Å². The zero-order valence-electron chi connectivity index (χ0n) is 6.03. The highest BCUT2D eigenvalue weighted by molar-refractivity contribution is 5.95. The van der Waals surface area contributed by atoms with Crippen LogP contribution in [0.25, 0.3) is 0 Å². The number of alkyl halides is 1. The van der Waals surface area contributed by atoms with E-state index in [9.17, 15) is 14.0 Å². The van der Waals surface area contributed by atoms with Gasteiger partial charge in [-0.25, -0.2) is 14.0 Å². The molecule has 1 unspecified atom stereocenters. The summed E-state index contributed by atoms with van der Waals surface area (Å²) in [6.07, 6.45) is -0.948. The van der Waals surface area contributed by atoms with E-state index >= 15 is 0 Å². The van der Waals surface area contributed by atoms with Gasteiger partial charge in [-0.05, 0) is 0 Å². The molecule has 0 aromatic carbocycles. The zero-order chi connectivity index (χ0) is 9.72. The van der Waals surface area contributed by atoms with Crippen LogP contribution in [0.4, 0.5) is 4.39 Å². The topological polar surface area (TPSA) is 74.6 Å². The van der Waals surface area contributed by atoms with Crippen LogP contribution in [0.5, 0.6) is 0 Å². The molecule has 0 saturated heterocycles. The van der Waals surface area contributed by atoms with Crippen molar-refractivity contribution >= 4 is 11.9 Å². The summed E-state index contributed by atoms with van der Waals surface area (Å²) in [4.78, 5) is 20.2. The first-order chi connectivity index (χ1) is 5.49. The summed E-state index contributed by atoms with van der Waals surface area (Å²) < 4.78 is 12.6. The maximum absolute atomic E-state index is 12.6. The molecule has 0 heterocycles. The number of allylic oxidation sites excluding steroid dienone is 1. The molecule has 12 heavy (non-hydrogen) atoms. The maximum Gasteiger partial charge on any atom is 0.335 e. The van der Waals surface area contributed by atoms with Gasteiger partial charge >= 0.3 is 11.9 Å². The molecule has 0 spiro atoms. The van der Waals surface area contributed by atoms with Crippen LogP contribution in [0.1, 0.15) is 0 Å². The highest BCUT2D eigenvalue weighted by Crippen LogP contribution is 2.07. The average molecular weight is 174 g/mol. The molecule has 0 bridgehead atoms. The molecule has 0 aliphatic carbocycles. The van der Waals surface area contributed by atoms with Crippen molar-refractivity contribution < 1.29 is 24.2 Å². The summed E-state index contributed by atoms with van der Waals surface area (Å²) in [6, 6.07) is 0. The van der Waals surface area contributed by atoms with Gasteiger partial charge in [-0.15, -0.1) is 0 Å². The summed E-state index contributed by atoms with van der Waals surface area (Å²) in [6.45, 7) is 3.00. The van der Waals surface area contributed by atoms with Gasteiger partial charge in [0.05, 0.1) is 5.57 Å². The van der Waals surface area contributed by atoms with Crippen LogP contribution in [0.2, 0.25) is 0 Å². The molecule has 0 aliphatic rings. The second kappa shape index (κ2) is 4.27. The van der Waals surface area contributed by atoms with Crippen molar-refractivity contribution in [2.24, 2.45) is 0 Å². The van der Waals surface area contributed by atoms with Gasteiger partial charge in [0.2, 0.25) is 0 Å². The number of aliphatic carboxylic acids is 2. The Morgan fingerprint density at radius 3 is 2.17 bits per heavy atom. The van der Waals surface area contributed by atoms with E-state index in [0.717, 1.165) is 0 Å². The number of hydrogen-bond acceptors (Lipinski definition) is 2. The second-order valence-corrected chi connectivity index (χ2v) is 1.88. The highest BCUT2D eigenvalue weighted by Gasteiger charge is 2.17. The van der Waals surface area contributed by atoms with Gasteiger partial charge in [0.15, 0.2) is 6.17 Å². The van der Waals surface area contributed by atoms with E-state index in [1.807, 2.05) is 0 Å². The predicted molar refractivity (Wildman–Crippen MR) is 38.4 cm³/mol. The third-order valence-electron chi connectivity index (χ3n) is 1.03. The van der Waals surface area contributed by atoms with Gasteiger partial charge in [0.25, 0.3) is 0 Å². The van der Waals surface area contributed by atoms with Gasteiger partial charge in [-0.1, -0.05) is 12.7 Å². The molecule has 0 aromatic rings. The number of rotatable bonds is 4. The van der Waals surface area contributed by atoms with E-state index in [-0.39, 0.29) is 0 Å². The number of carboxylic acid groups (broad SMARTS) is 2. The van der Waals surface area contributed by atoms with Crippen molar-refractivity contribution in [3.8, 4) is 0 Å². The Hall–Kier alpha value is -1.65. The molecular weight excluding hydrogens is 167 g/mol. The molecule has 0 aromatic heterocycles. The van der Waals surface area contributed by atoms with Crippen molar-refractivity contribution in [3.05, 3.63) is 24.3 Å². The Morgan fingerprint density at radius 1 is 1.42 bits per heavy atom. The predicted octanol–water partition coefficient (Wildman–Crippen LogP) is 0.606. The van der Waals surface area contributed by atoms with Gasteiger partial charge in [-0.2, -0.15) is 0 Å². The molecule has 4 nitrogen and oxygen atoms in total. The summed E-state index contributed by atoms with van der Waals surface area (Å²) in [7, 11) is 0. The summed E-state index contributed by atoms with van der Waals surface area (Å²) in [5, 5.41) is 16.4. The Balaban J connectivity index is 4.78. The lowest BCUT2D eigenvalue weighted by atomic mass is 10.1. The van der Waals surface area contributed by atoms with Crippen LogP contribution in [-0.4, -0.2) is 28.3 Å². The molecule has 1 atom stereocenters. The number of halogens is 1. The normalized spacial score (nSPS) is 13.6. The van der Waals surface area contributed by atoms with Gasteiger partial charge < -0.3 is 10.2 Å². The molecule has 0 rings (SSSR count). The van der Waals surface area contributed by atoms with Crippen molar-refractivity contribution in [1.29, 1.82) is 0 Å². The lowest BCUT2D eigenvalue weighted by Crippen LogP contribution is -2.13. The van der Waals surface area contributed by atoms with E-state index in [1.165, 1.54) is 0 Å². The third-order valence-corrected chi connectivity index (χ3v) is 1.03. The monoisotopic (exact) mass is 174 g/mol. The van der Waals surface area contributed by atoms with Crippen molar-refractivity contribution in [2.45, 2.75) is 6.17 Å². The Morgan fingerprint density at radius 2 is 1.92 bits per heavy atom. The van der Waals surface area contributed by atoms with E-state index in [0.29, 0.717) is 12.2 Å². The fraction of sp³-hybridized carbons (Fsp3) is 0.143. The van der Waals surface area contributed by atoms with Crippen LogP contribution in [-0.2, 0) is 9.59 Å². The summed E-state index contributed by atoms with van der Waals surface area (Å²) in [5.41, 5.74) is -0.836. The lowest BCUT2D eigenvalue weighted by Gasteiger charge is -2.01. The fourth-order valence-electron chi connectivity index (χ4n) is 0.519. The van der Waals surface area contributed by atoms with E-state index < -0.39 is 23.7 Å². The van der Waals surface area contributed by atoms with Crippen molar-refractivity contribution in [2.75, 3.05) is 0 Å². The highest BCUT2D eigenvalue weighted by atomic mass is 19.1. The third kappa shape index (κ3) is 2.96. The molecule has 2 N–H and O–H groups in total. The molecule has 0 aliphatic heterocycles. The second-order valence-electron chi connectivity index (χ2n) is 1.88. The lowest BCUT2D eigenvalue weighted by molar-refractivity contribution is -0.135. The van der Waals surface area contributed by atoms with E-state index in [4.69, 9.17) is 10.2 Å². The summed E-state index contributed by atoms with van der Waals surface area (Å²) in [5.74, 6) is -3.11. The molecule has 5 heteroatoms. The van der Waals surface area contributed by atoms with Gasteiger partial charge in [-0.3, -0.25) is 0 Å². The SMILES string of the molecule is C=CC(F)C(=CC(=O)O)C(=O)O. The quantitative estimate of drug-likeness (QED) is 0.483. The Bertz CT molecular complexity index is 244. The first kappa shape index (κ1) is 10.3. The number of carboxylic acids is 2. The average Bonchev–Trinajstić information content (AvgIpc) is 1.98. The van der Waals surface area contributed by atoms with Crippen LogP contribution in [0, 0.1) is 0 Å². The van der Waals surface area contributed by atoms with Crippen molar-refractivity contribution in [1.82, 2.24) is 0 Å².